The molecule has 11 heteroatoms. The lowest BCUT2D eigenvalue weighted by molar-refractivity contribution is -0.274. The maximum Gasteiger partial charge on any atom is 0.422 e. The second kappa shape index (κ2) is 8.54. The van der Waals surface area contributed by atoms with Gasteiger partial charge in [0.2, 0.25) is 0 Å². The zero-order valence-corrected chi connectivity index (χ0v) is 19.1. The van der Waals surface area contributed by atoms with Gasteiger partial charge in [0.05, 0.1) is 11.1 Å². The molecule has 2 heterocycles. The van der Waals surface area contributed by atoms with Crippen LogP contribution >= 0.6 is 11.6 Å². The van der Waals surface area contributed by atoms with Gasteiger partial charge in [0.1, 0.15) is 0 Å². The number of oxazole rings is 1. The molecular formula is C24H18ClF3N2O5. The van der Waals surface area contributed by atoms with Gasteiger partial charge in [0.15, 0.2) is 11.2 Å². The zero-order valence-electron chi connectivity index (χ0n) is 18.3. The average molecular weight is 507 g/mol. The first-order chi connectivity index (χ1) is 16.3. The minimum absolute atomic E-state index is 0.0127. The van der Waals surface area contributed by atoms with E-state index < -0.39 is 35.0 Å². The number of carbonyl (C=O) groups is 1. The first-order valence-corrected chi connectivity index (χ1v) is 10.6. The van der Waals surface area contributed by atoms with Crippen LogP contribution in [0.5, 0.6) is 0 Å². The molecule has 2 aromatic heterocycles. The number of aryl methyl sites for hydroxylation is 1. The molecular weight excluding hydrogens is 489 g/mol. The highest BCUT2D eigenvalue weighted by atomic mass is 35.5. The lowest BCUT2D eigenvalue weighted by Gasteiger charge is -2.37. The lowest BCUT2D eigenvalue weighted by atomic mass is 9.77. The number of hydrogen-bond acceptors (Lipinski definition) is 5. The molecule has 0 unspecified atom stereocenters. The molecule has 0 saturated carbocycles. The third-order valence-electron chi connectivity index (χ3n) is 6.08. The van der Waals surface area contributed by atoms with Gasteiger partial charge in [-0.1, -0.05) is 36.7 Å². The van der Waals surface area contributed by atoms with E-state index in [-0.39, 0.29) is 27.2 Å². The fraction of sp³-hybridized carbons (Fsp3) is 0.208. The number of aromatic carboxylic acids is 1. The zero-order chi connectivity index (χ0) is 25.7. The number of alkyl halides is 3. The number of carboxylic acid groups (broad SMARTS) is 1. The van der Waals surface area contributed by atoms with E-state index >= 15 is 0 Å². The molecule has 2 N–H and O–H groups in total. The number of carboxylic acids is 1. The molecule has 2 atom stereocenters. The summed E-state index contributed by atoms with van der Waals surface area (Å²) in [5.41, 5.74) is -2.88. The van der Waals surface area contributed by atoms with Crippen molar-refractivity contribution < 1.29 is 32.6 Å². The topological polar surface area (TPSA) is 106 Å². The van der Waals surface area contributed by atoms with Crippen molar-refractivity contribution in [2.45, 2.75) is 24.6 Å². The van der Waals surface area contributed by atoms with Gasteiger partial charge in [0, 0.05) is 35.9 Å². The van der Waals surface area contributed by atoms with E-state index in [1.807, 2.05) is 0 Å². The van der Waals surface area contributed by atoms with E-state index in [1.165, 1.54) is 56.7 Å². The van der Waals surface area contributed by atoms with Gasteiger partial charge in [-0.15, -0.1) is 0 Å². The molecule has 0 bridgehead atoms. The van der Waals surface area contributed by atoms with E-state index in [4.69, 9.17) is 21.1 Å². The van der Waals surface area contributed by atoms with Crippen LogP contribution in [0.15, 0.2) is 64.1 Å². The Morgan fingerprint density at radius 1 is 1.11 bits per heavy atom. The number of halogens is 4. The molecule has 0 spiro atoms. The summed E-state index contributed by atoms with van der Waals surface area (Å²) in [6.07, 6.45) is -2.54. The molecule has 0 saturated heterocycles. The maximum absolute atomic E-state index is 14.4. The third-order valence-corrected chi connectivity index (χ3v) is 6.40. The second-order valence-corrected chi connectivity index (χ2v) is 8.51. The van der Waals surface area contributed by atoms with Crippen LogP contribution in [-0.2, 0) is 12.6 Å². The Morgan fingerprint density at radius 3 is 2.46 bits per heavy atom. The standard InChI is InChI=1S/C24H18ClF3N2O5/c1-12(17-5-3-13(8-18(17)25)14-7-15(21(31)32)11-29-10-14)23(34,24(26,27)28)16-4-6-20-19(9-16)30(2)22(33)35-20/h3-12,34H,1-2H3,(H,31,32)/t12-,23-/m1/s1. The van der Waals surface area contributed by atoms with E-state index in [2.05, 4.69) is 4.98 Å². The number of aliphatic hydroxyl groups is 1. The molecule has 35 heavy (non-hydrogen) atoms. The summed E-state index contributed by atoms with van der Waals surface area (Å²) in [5.74, 6) is -3.49. The summed E-state index contributed by atoms with van der Waals surface area (Å²) >= 11 is 6.37. The van der Waals surface area contributed by atoms with Gasteiger partial charge in [0.25, 0.3) is 0 Å². The smallest absolute Gasteiger partial charge is 0.422 e. The fourth-order valence-corrected chi connectivity index (χ4v) is 4.36. The Hall–Kier alpha value is -3.63. The molecule has 4 aromatic rings. The van der Waals surface area contributed by atoms with Crippen LogP contribution in [-0.4, -0.2) is 31.9 Å². The molecule has 4 rings (SSSR count). The predicted molar refractivity (Wildman–Crippen MR) is 121 cm³/mol. The average Bonchev–Trinajstić information content (AvgIpc) is 3.10. The Labute approximate surface area is 201 Å². The first-order valence-electron chi connectivity index (χ1n) is 10.2. The molecule has 2 aromatic carbocycles. The SMILES string of the molecule is C[C@H](c1ccc(-c2cncc(C(=O)O)c2)cc1Cl)[C@@](O)(c1ccc2oc(=O)n(C)c2c1)C(F)(F)F. The highest BCUT2D eigenvalue weighted by Crippen LogP contribution is 2.50. The predicted octanol–water partition coefficient (Wildman–Crippen LogP) is 5.10. The first kappa shape index (κ1) is 24.5. The number of nitrogens with zero attached hydrogens (tertiary/aromatic N) is 2. The van der Waals surface area contributed by atoms with Crippen molar-refractivity contribution in [2.75, 3.05) is 0 Å². The van der Waals surface area contributed by atoms with Crippen molar-refractivity contribution in [1.82, 2.24) is 9.55 Å². The quantitative estimate of drug-likeness (QED) is 0.390. The normalized spacial score (nSPS) is 14.6. The fourth-order valence-electron chi connectivity index (χ4n) is 4.02. The Morgan fingerprint density at radius 2 is 1.83 bits per heavy atom. The minimum atomic E-state index is -5.11. The van der Waals surface area contributed by atoms with Crippen molar-refractivity contribution in [2.24, 2.45) is 7.05 Å². The highest BCUT2D eigenvalue weighted by molar-refractivity contribution is 6.31. The van der Waals surface area contributed by atoms with Crippen molar-refractivity contribution in [3.63, 3.8) is 0 Å². The monoisotopic (exact) mass is 506 g/mol. The van der Waals surface area contributed by atoms with Gasteiger partial charge >= 0.3 is 17.9 Å². The Balaban J connectivity index is 1.81. The summed E-state index contributed by atoms with van der Waals surface area (Å²) in [6, 6.07) is 8.88. The molecule has 182 valence electrons. The van der Waals surface area contributed by atoms with Crippen molar-refractivity contribution >= 4 is 28.7 Å². The van der Waals surface area contributed by atoms with Gasteiger partial charge in [-0.2, -0.15) is 13.2 Å². The molecule has 0 aliphatic rings. The van der Waals surface area contributed by atoms with Crippen LogP contribution in [0.25, 0.3) is 22.2 Å². The van der Waals surface area contributed by atoms with Crippen LogP contribution < -0.4 is 5.76 Å². The van der Waals surface area contributed by atoms with Gasteiger partial charge < -0.3 is 14.6 Å². The van der Waals surface area contributed by atoms with E-state index in [0.29, 0.717) is 11.1 Å². The van der Waals surface area contributed by atoms with Gasteiger partial charge in [-0.05, 0) is 41.0 Å². The molecule has 0 amide bonds. The maximum atomic E-state index is 14.4. The van der Waals surface area contributed by atoms with Crippen molar-refractivity contribution in [1.29, 1.82) is 0 Å². The molecule has 0 aliphatic carbocycles. The van der Waals surface area contributed by atoms with Crippen molar-refractivity contribution in [3.8, 4) is 11.1 Å². The molecule has 0 aliphatic heterocycles. The summed E-state index contributed by atoms with van der Waals surface area (Å²) in [6.45, 7) is 1.19. The largest absolute Gasteiger partial charge is 0.478 e. The number of rotatable bonds is 5. The second-order valence-electron chi connectivity index (χ2n) is 8.10. The number of aromatic nitrogens is 2. The Kier molecular flexibility index (Phi) is 5.98. The highest BCUT2D eigenvalue weighted by Gasteiger charge is 2.59. The number of pyridine rings is 1. The van der Waals surface area contributed by atoms with Crippen LogP contribution in [0.4, 0.5) is 13.2 Å². The lowest BCUT2D eigenvalue weighted by Crippen LogP contribution is -2.46. The summed E-state index contributed by atoms with van der Waals surface area (Å²) in [7, 11) is 1.35. The van der Waals surface area contributed by atoms with Crippen LogP contribution in [0.2, 0.25) is 5.02 Å². The summed E-state index contributed by atoms with van der Waals surface area (Å²) in [5, 5.41) is 20.2. The number of hydrogen-bond donors (Lipinski definition) is 2. The molecule has 0 radical (unpaired) electrons. The van der Waals surface area contributed by atoms with Gasteiger partial charge in [-0.25, -0.2) is 9.59 Å². The van der Waals surface area contributed by atoms with E-state index in [9.17, 15) is 27.9 Å². The molecule has 7 nitrogen and oxygen atoms in total. The summed E-state index contributed by atoms with van der Waals surface area (Å²) in [4.78, 5) is 26.8. The third kappa shape index (κ3) is 4.08. The van der Waals surface area contributed by atoms with Crippen LogP contribution in [0.3, 0.4) is 0 Å². The summed E-state index contributed by atoms with van der Waals surface area (Å²) < 4.78 is 49.2. The van der Waals surface area contributed by atoms with Gasteiger partial charge in [-0.3, -0.25) is 9.55 Å². The van der Waals surface area contributed by atoms with Crippen LogP contribution in [0, 0.1) is 0 Å². The number of benzene rings is 2. The van der Waals surface area contributed by atoms with E-state index in [1.54, 1.807) is 0 Å². The minimum Gasteiger partial charge on any atom is -0.478 e. The van der Waals surface area contributed by atoms with E-state index in [0.717, 1.165) is 16.7 Å². The number of fused-ring (bicyclic) bond motifs is 1. The Bertz CT molecular complexity index is 1510. The molecule has 0 fully saturated rings. The van der Waals surface area contributed by atoms with Crippen LogP contribution in [0.1, 0.15) is 34.3 Å². The van der Waals surface area contributed by atoms with Crippen molar-refractivity contribution in [3.05, 3.63) is 87.1 Å².